The molecule has 0 aliphatic carbocycles. The average molecular weight is 378 g/mol. The third kappa shape index (κ3) is 3.27. The molecule has 0 radical (unpaired) electrons. The summed E-state index contributed by atoms with van der Waals surface area (Å²) >= 11 is 15.9. The Morgan fingerprint density at radius 3 is 2.65 bits per heavy atom. The first kappa shape index (κ1) is 15.6. The van der Waals surface area contributed by atoms with Crippen molar-refractivity contribution in [1.29, 1.82) is 0 Å². The quantitative estimate of drug-likeness (QED) is 0.596. The Balaban J connectivity index is 2.41. The molecule has 0 aliphatic heterocycles. The number of ether oxygens (including phenoxy) is 1. The molecule has 1 nitrogen and oxygen atoms in total. The molecule has 0 N–H and O–H groups in total. The lowest BCUT2D eigenvalue weighted by Gasteiger charge is -2.15. The van der Waals surface area contributed by atoms with E-state index in [0.29, 0.717) is 11.6 Å². The zero-order chi connectivity index (χ0) is 14.7. The molecule has 0 heterocycles. The number of benzene rings is 2. The van der Waals surface area contributed by atoms with Gasteiger partial charge < -0.3 is 4.74 Å². The minimum absolute atomic E-state index is 0.278. The van der Waals surface area contributed by atoms with Crippen molar-refractivity contribution in [2.75, 3.05) is 6.61 Å². The number of halogens is 4. The van der Waals surface area contributed by atoms with Gasteiger partial charge in [0, 0.05) is 15.1 Å². The van der Waals surface area contributed by atoms with Crippen LogP contribution in [0.4, 0.5) is 4.39 Å². The number of alkyl halides is 1. The molecular weight excluding hydrogens is 366 g/mol. The highest BCUT2D eigenvalue weighted by molar-refractivity contribution is 9.10. The molecule has 0 amide bonds. The van der Waals surface area contributed by atoms with Gasteiger partial charge in [-0.1, -0.05) is 39.7 Å². The molecule has 1 atom stereocenters. The van der Waals surface area contributed by atoms with Gasteiger partial charge in [-0.15, -0.1) is 11.6 Å². The normalized spacial score (nSPS) is 12.2. The monoisotopic (exact) mass is 376 g/mol. The van der Waals surface area contributed by atoms with Gasteiger partial charge in [-0.25, -0.2) is 4.39 Å². The van der Waals surface area contributed by atoms with Crippen LogP contribution in [0, 0.1) is 5.82 Å². The topological polar surface area (TPSA) is 9.23 Å². The maximum Gasteiger partial charge on any atom is 0.129 e. The zero-order valence-electron chi connectivity index (χ0n) is 10.7. The highest BCUT2D eigenvalue weighted by atomic mass is 79.9. The molecule has 2 aromatic carbocycles. The second-order valence-electron chi connectivity index (χ2n) is 4.11. The number of hydrogen-bond acceptors (Lipinski definition) is 1. The van der Waals surface area contributed by atoms with E-state index in [2.05, 4.69) is 15.9 Å². The predicted molar refractivity (Wildman–Crippen MR) is 84.4 cm³/mol. The average Bonchev–Trinajstić information content (AvgIpc) is 2.38. The first-order chi connectivity index (χ1) is 9.54. The molecule has 0 saturated carbocycles. The van der Waals surface area contributed by atoms with Crippen LogP contribution in [0.5, 0.6) is 5.75 Å². The Hall–Kier alpha value is -0.770. The van der Waals surface area contributed by atoms with E-state index in [1.807, 2.05) is 13.0 Å². The Morgan fingerprint density at radius 1 is 1.30 bits per heavy atom. The molecule has 0 aromatic heterocycles. The van der Waals surface area contributed by atoms with E-state index >= 15 is 0 Å². The van der Waals surface area contributed by atoms with Crippen LogP contribution >= 0.6 is 39.1 Å². The van der Waals surface area contributed by atoms with Gasteiger partial charge in [-0.2, -0.15) is 0 Å². The summed E-state index contributed by atoms with van der Waals surface area (Å²) < 4.78 is 20.1. The van der Waals surface area contributed by atoms with Crippen LogP contribution in [0.1, 0.15) is 23.4 Å². The first-order valence-corrected chi connectivity index (χ1v) is 7.65. The van der Waals surface area contributed by atoms with Gasteiger partial charge in [0.2, 0.25) is 0 Å². The Kier molecular flexibility index (Phi) is 5.30. The minimum atomic E-state index is -0.672. The van der Waals surface area contributed by atoms with E-state index in [4.69, 9.17) is 27.9 Å². The summed E-state index contributed by atoms with van der Waals surface area (Å²) in [5.74, 6) is 0.310. The zero-order valence-corrected chi connectivity index (χ0v) is 13.8. The molecular formula is C15H12BrCl2FO. The first-order valence-electron chi connectivity index (χ1n) is 6.04. The lowest BCUT2D eigenvalue weighted by Crippen LogP contribution is -2.00. The summed E-state index contributed by atoms with van der Waals surface area (Å²) in [5, 5.41) is -0.362. The summed E-state index contributed by atoms with van der Waals surface area (Å²) in [4.78, 5) is 0. The van der Waals surface area contributed by atoms with Crippen LogP contribution < -0.4 is 4.74 Å². The van der Waals surface area contributed by atoms with E-state index in [0.717, 1.165) is 15.8 Å². The van der Waals surface area contributed by atoms with Gasteiger partial charge in [-0.05, 0) is 36.8 Å². The molecule has 5 heteroatoms. The standard InChI is InChI=1S/C15H12BrCl2FO/c1-2-20-9-6-7-10(11(16)8-9)15(18)14-12(17)4-3-5-13(14)19/h3-8,15H,2H2,1H3. The van der Waals surface area contributed by atoms with Gasteiger partial charge in [0.05, 0.1) is 12.0 Å². The third-order valence-electron chi connectivity index (χ3n) is 2.81. The number of hydrogen-bond donors (Lipinski definition) is 0. The molecule has 0 bridgehead atoms. The Bertz CT molecular complexity index is 599. The van der Waals surface area contributed by atoms with Gasteiger partial charge >= 0.3 is 0 Å². The molecule has 1 unspecified atom stereocenters. The smallest absolute Gasteiger partial charge is 0.129 e. The molecule has 2 aromatic rings. The fourth-order valence-electron chi connectivity index (χ4n) is 1.88. The molecule has 0 spiro atoms. The molecule has 20 heavy (non-hydrogen) atoms. The summed E-state index contributed by atoms with van der Waals surface area (Å²) in [6, 6.07) is 9.93. The van der Waals surface area contributed by atoms with Crippen molar-refractivity contribution in [2.45, 2.75) is 12.3 Å². The van der Waals surface area contributed by atoms with Crippen LogP contribution in [0.25, 0.3) is 0 Å². The van der Waals surface area contributed by atoms with Crippen LogP contribution in [-0.2, 0) is 0 Å². The Labute approximate surface area is 135 Å². The van der Waals surface area contributed by atoms with E-state index in [-0.39, 0.29) is 5.56 Å². The minimum Gasteiger partial charge on any atom is -0.494 e. The predicted octanol–water partition coefficient (Wildman–Crippen LogP) is 5.97. The van der Waals surface area contributed by atoms with Crippen molar-refractivity contribution in [2.24, 2.45) is 0 Å². The van der Waals surface area contributed by atoms with E-state index in [9.17, 15) is 4.39 Å². The van der Waals surface area contributed by atoms with Gasteiger partial charge in [0.25, 0.3) is 0 Å². The summed E-state index contributed by atoms with van der Waals surface area (Å²) in [6.45, 7) is 2.49. The fourth-order valence-corrected chi connectivity index (χ4v) is 3.34. The van der Waals surface area contributed by atoms with Crippen molar-refractivity contribution >= 4 is 39.1 Å². The van der Waals surface area contributed by atoms with E-state index < -0.39 is 11.2 Å². The lowest BCUT2D eigenvalue weighted by molar-refractivity contribution is 0.340. The molecule has 0 fully saturated rings. The maximum atomic E-state index is 13.9. The fraction of sp³-hybridized carbons (Fsp3) is 0.200. The summed E-state index contributed by atoms with van der Waals surface area (Å²) in [7, 11) is 0. The molecule has 0 aliphatic rings. The van der Waals surface area contributed by atoms with Crippen LogP contribution in [0.3, 0.4) is 0 Å². The molecule has 2 rings (SSSR count). The Morgan fingerprint density at radius 2 is 2.05 bits per heavy atom. The van der Waals surface area contributed by atoms with E-state index in [1.165, 1.54) is 6.07 Å². The summed E-state index contributed by atoms with van der Waals surface area (Å²) in [6.07, 6.45) is 0. The summed E-state index contributed by atoms with van der Waals surface area (Å²) in [5.41, 5.74) is 1.02. The van der Waals surface area contributed by atoms with Gasteiger partial charge in [0.15, 0.2) is 0 Å². The van der Waals surface area contributed by atoms with E-state index in [1.54, 1.807) is 24.3 Å². The van der Waals surface area contributed by atoms with Crippen LogP contribution in [0.15, 0.2) is 40.9 Å². The lowest BCUT2D eigenvalue weighted by atomic mass is 10.0. The highest BCUT2D eigenvalue weighted by Crippen LogP contribution is 2.39. The third-order valence-corrected chi connectivity index (χ3v) is 4.28. The van der Waals surface area contributed by atoms with Gasteiger partial charge in [0.1, 0.15) is 11.6 Å². The van der Waals surface area contributed by atoms with Gasteiger partial charge in [-0.3, -0.25) is 0 Å². The number of rotatable bonds is 4. The molecule has 0 saturated heterocycles. The van der Waals surface area contributed by atoms with Crippen LogP contribution in [0.2, 0.25) is 5.02 Å². The van der Waals surface area contributed by atoms with Crippen LogP contribution in [-0.4, -0.2) is 6.61 Å². The van der Waals surface area contributed by atoms with Crippen molar-refractivity contribution in [3.63, 3.8) is 0 Å². The second kappa shape index (κ2) is 6.79. The second-order valence-corrected chi connectivity index (χ2v) is 5.81. The molecule has 106 valence electrons. The van der Waals surface area contributed by atoms with Crippen molar-refractivity contribution in [3.8, 4) is 5.75 Å². The highest BCUT2D eigenvalue weighted by Gasteiger charge is 2.20. The maximum absolute atomic E-state index is 13.9. The van der Waals surface area contributed by atoms with Crippen molar-refractivity contribution in [1.82, 2.24) is 0 Å². The van der Waals surface area contributed by atoms with Crippen molar-refractivity contribution < 1.29 is 9.13 Å². The SMILES string of the molecule is CCOc1ccc(C(Cl)c2c(F)cccc2Cl)c(Br)c1. The van der Waals surface area contributed by atoms with Crippen molar-refractivity contribution in [3.05, 3.63) is 62.8 Å². The largest absolute Gasteiger partial charge is 0.494 e.